The SMILES string of the molecule is CCCCOC(=O)c1ccc(N=Cc2cc(C)n(-c3ccc(C(=O)OCC)cc3)c2C)cc1. The number of aryl methyl sites for hydroxylation is 1. The zero-order chi connectivity index (χ0) is 23.8. The van der Waals surface area contributed by atoms with Crippen LogP contribution in [0.4, 0.5) is 5.69 Å². The van der Waals surface area contributed by atoms with Crippen LogP contribution in [0.1, 0.15) is 64.4 Å². The van der Waals surface area contributed by atoms with Gasteiger partial charge in [-0.25, -0.2) is 9.59 Å². The van der Waals surface area contributed by atoms with Crippen LogP contribution in [0.5, 0.6) is 0 Å². The molecule has 172 valence electrons. The van der Waals surface area contributed by atoms with Crippen LogP contribution < -0.4 is 0 Å². The van der Waals surface area contributed by atoms with E-state index in [1.54, 1.807) is 43.3 Å². The second-order valence-electron chi connectivity index (χ2n) is 7.72. The molecule has 0 aliphatic carbocycles. The fraction of sp³-hybridized carbons (Fsp3) is 0.296. The summed E-state index contributed by atoms with van der Waals surface area (Å²) < 4.78 is 12.4. The molecule has 3 aromatic rings. The van der Waals surface area contributed by atoms with E-state index in [-0.39, 0.29) is 11.9 Å². The maximum Gasteiger partial charge on any atom is 0.338 e. The summed E-state index contributed by atoms with van der Waals surface area (Å²) in [5.41, 5.74) is 5.86. The molecule has 0 bridgehead atoms. The summed E-state index contributed by atoms with van der Waals surface area (Å²) in [5.74, 6) is -0.630. The molecule has 0 radical (unpaired) electrons. The van der Waals surface area contributed by atoms with Gasteiger partial charge < -0.3 is 14.0 Å². The number of nitrogens with zero attached hydrogens (tertiary/aromatic N) is 2. The van der Waals surface area contributed by atoms with E-state index in [9.17, 15) is 9.59 Å². The predicted octanol–water partition coefficient (Wildman–Crippen LogP) is 5.98. The Balaban J connectivity index is 1.73. The van der Waals surface area contributed by atoms with E-state index in [1.807, 2.05) is 32.2 Å². The summed E-state index contributed by atoms with van der Waals surface area (Å²) in [7, 11) is 0. The van der Waals surface area contributed by atoms with Crippen molar-refractivity contribution in [1.29, 1.82) is 0 Å². The molecule has 33 heavy (non-hydrogen) atoms. The molecule has 0 N–H and O–H groups in total. The van der Waals surface area contributed by atoms with Crippen LogP contribution >= 0.6 is 0 Å². The third-order valence-electron chi connectivity index (χ3n) is 5.29. The number of aliphatic imine (C=N–C) groups is 1. The smallest absolute Gasteiger partial charge is 0.338 e. The predicted molar refractivity (Wildman–Crippen MR) is 130 cm³/mol. The first-order valence-corrected chi connectivity index (χ1v) is 11.2. The third kappa shape index (κ3) is 5.98. The lowest BCUT2D eigenvalue weighted by Crippen LogP contribution is -2.05. The highest BCUT2D eigenvalue weighted by Gasteiger charge is 2.12. The number of carbonyl (C=O) groups excluding carboxylic acids is 2. The number of aromatic nitrogens is 1. The first-order valence-electron chi connectivity index (χ1n) is 11.2. The van der Waals surface area contributed by atoms with Gasteiger partial charge >= 0.3 is 11.9 Å². The van der Waals surface area contributed by atoms with E-state index < -0.39 is 0 Å². The summed E-state index contributed by atoms with van der Waals surface area (Å²) in [4.78, 5) is 28.5. The van der Waals surface area contributed by atoms with Gasteiger partial charge in [0.05, 0.1) is 30.0 Å². The van der Waals surface area contributed by atoms with Crippen molar-refractivity contribution in [2.24, 2.45) is 4.99 Å². The molecule has 0 spiro atoms. The Labute approximate surface area is 194 Å². The summed E-state index contributed by atoms with van der Waals surface area (Å²) in [6, 6.07) is 16.5. The van der Waals surface area contributed by atoms with Gasteiger partial charge in [0.25, 0.3) is 0 Å². The van der Waals surface area contributed by atoms with Crippen LogP contribution in [-0.2, 0) is 9.47 Å². The lowest BCUT2D eigenvalue weighted by Gasteiger charge is -2.10. The number of carbonyl (C=O) groups is 2. The number of rotatable bonds is 9. The van der Waals surface area contributed by atoms with Gasteiger partial charge in [0.15, 0.2) is 0 Å². The van der Waals surface area contributed by atoms with Crippen molar-refractivity contribution in [1.82, 2.24) is 4.57 Å². The molecule has 0 aliphatic heterocycles. The number of unbranched alkanes of at least 4 members (excludes halogenated alkanes) is 1. The van der Waals surface area contributed by atoms with Crippen molar-refractivity contribution in [3.8, 4) is 5.69 Å². The van der Waals surface area contributed by atoms with Crippen LogP contribution in [0.2, 0.25) is 0 Å². The topological polar surface area (TPSA) is 69.9 Å². The zero-order valence-corrected chi connectivity index (χ0v) is 19.6. The van der Waals surface area contributed by atoms with Crippen LogP contribution in [0.15, 0.2) is 59.6 Å². The molecular formula is C27H30N2O4. The molecule has 6 heteroatoms. The average molecular weight is 447 g/mol. The van der Waals surface area contributed by atoms with E-state index in [2.05, 4.69) is 22.5 Å². The van der Waals surface area contributed by atoms with Crippen LogP contribution in [0, 0.1) is 13.8 Å². The molecule has 1 heterocycles. The van der Waals surface area contributed by atoms with Crippen molar-refractivity contribution in [3.63, 3.8) is 0 Å². The minimum atomic E-state index is -0.321. The first-order chi connectivity index (χ1) is 15.9. The zero-order valence-electron chi connectivity index (χ0n) is 19.6. The summed E-state index contributed by atoms with van der Waals surface area (Å²) in [5, 5.41) is 0. The first kappa shape index (κ1) is 24.0. The Morgan fingerprint density at radius 1 is 0.909 bits per heavy atom. The Hall–Kier alpha value is -3.67. The monoisotopic (exact) mass is 446 g/mol. The number of esters is 2. The Morgan fingerprint density at radius 3 is 2.12 bits per heavy atom. The third-order valence-corrected chi connectivity index (χ3v) is 5.29. The molecule has 0 fully saturated rings. The highest BCUT2D eigenvalue weighted by molar-refractivity contribution is 5.90. The number of hydrogen-bond acceptors (Lipinski definition) is 5. The number of hydrogen-bond donors (Lipinski definition) is 0. The standard InChI is InChI=1S/C27H30N2O4/c1-5-7-16-33-27(31)21-8-12-24(13-9-21)28-18-23-17-19(3)29(20(23)4)25-14-10-22(11-15-25)26(30)32-6-2/h8-15,17-18H,5-7,16H2,1-4H3. The summed E-state index contributed by atoms with van der Waals surface area (Å²) >= 11 is 0. The number of ether oxygens (including phenoxy) is 2. The molecule has 0 aliphatic rings. The lowest BCUT2D eigenvalue weighted by molar-refractivity contribution is 0.0496. The molecule has 0 amide bonds. The lowest BCUT2D eigenvalue weighted by atomic mass is 10.2. The van der Waals surface area contributed by atoms with Crippen molar-refractivity contribution in [2.75, 3.05) is 13.2 Å². The fourth-order valence-electron chi connectivity index (χ4n) is 3.50. The van der Waals surface area contributed by atoms with Gasteiger partial charge in [0.1, 0.15) is 0 Å². The van der Waals surface area contributed by atoms with Gasteiger partial charge in [0.2, 0.25) is 0 Å². The van der Waals surface area contributed by atoms with E-state index in [0.717, 1.165) is 41.2 Å². The molecule has 0 atom stereocenters. The van der Waals surface area contributed by atoms with E-state index in [1.165, 1.54) is 0 Å². The van der Waals surface area contributed by atoms with Crippen molar-refractivity contribution < 1.29 is 19.1 Å². The molecule has 1 aromatic heterocycles. The Kier molecular flexibility index (Phi) is 8.19. The van der Waals surface area contributed by atoms with Gasteiger partial charge in [-0.3, -0.25) is 4.99 Å². The molecule has 0 saturated carbocycles. The van der Waals surface area contributed by atoms with Crippen molar-refractivity contribution >= 4 is 23.8 Å². The molecule has 6 nitrogen and oxygen atoms in total. The molecular weight excluding hydrogens is 416 g/mol. The van der Waals surface area contributed by atoms with Gasteiger partial charge in [-0.2, -0.15) is 0 Å². The largest absolute Gasteiger partial charge is 0.462 e. The molecule has 3 rings (SSSR count). The highest BCUT2D eigenvalue weighted by Crippen LogP contribution is 2.22. The Bertz CT molecular complexity index is 1130. The molecule has 0 unspecified atom stereocenters. The fourth-order valence-corrected chi connectivity index (χ4v) is 3.50. The second kappa shape index (κ2) is 11.3. The highest BCUT2D eigenvalue weighted by atomic mass is 16.5. The van der Waals surface area contributed by atoms with E-state index in [4.69, 9.17) is 9.47 Å². The van der Waals surface area contributed by atoms with Crippen LogP contribution in [0.3, 0.4) is 0 Å². The minimum Gasteiger partial charge on any atom is -0.462 e. The maximum absolute atomic E-state index is 12.0. The van der Waals surface area contributed by atoms with Gasteiger partial charge in [-0.1, -0.05) is 13.3 Å². The van der Waals surface area contributed by atoms with Gasteiger partial charge in [-0.15, -0.1) is 0 Å². The van der Waals surface area contributed by atoms with Gasteiger partial charge in [0, 0.05) is 28.9 Å². The van der Waals surface area contributed by atoms with Crippen molar-refractivity contribution in [2.45, 2.75) is 40.5 Å². The minimum absolute atomic E-state index is 0.309. The molecule has 2 aromatic carbocycles. The average Bonchev–Trinajstić information content (AvgIpc) is 3.11. The van der Waals surface area contributed by atoms with Crippen molar-refractivity contribution in [3.05, 3.63) is 82.7 Å². The van der Waals surface area contributed by atoms with E-state index >= 15 is 0 Å². The van der Waals surface area contributed by atoms with E-state index in [0.29, 0.717) is 24.3 Å². The second-order valence-corrected chi connectivity index (χ2v) is 7.72. The summed E-state index contributed by atoms with van der Waals surface area (Å²) in [6.07, 6.45) is 3.67. The quantitative estimate of drug-likeness (QED) is 0.230. The Morgan fingerprint density at radius 2 is 1.52 bits per heavy atom. The van der Waals surface area contributed by atoms with Crippen LogP contribution in [0.25, 0.3) is 5.69 Å². The molecule has 0 saturated heterocycles. The number of benzene rings is 2. The maximum atomic E-state index is 12.0. The normalized spacial score (nSPS) is 11.0. The van der Waals surface area contributed by atoms with Gasteiger partial charge in [-0.05, 0) is 81.8 Å². The summed E-state index contributed by atoms with van der Waals surface area (Å²) in [6.45, 7) is 8.70. The van der Waals surface area contributed by atoms with Crippen LogP contribution in [-0.4, -0.2) is 35.9 Å².